The summed E-state index contributed by atoms with van der Waals surface area (Å²) in [5.41, 5.74) is 5.24. The van der Waals surface area contributed by atoms with E-state index < -0.39 is 30.6 Å². The molecule has 0 amide bonds. The molecule has 0 heterocycles. The lowest BCUT2D eigenvalue weighted by Crippen LogP contribution is -2.47. The van der Waals surface area contributed by atoms with Gasteiger partial charge in [-0.2, -0.15) is 0 Å². The van der Waals surface area contributed by atoms with Crippen LogP contribution < -0.4 is 11.1 Å². The van der Waals surface area contributed by atoms with Gasteiger partial charge in [0, 0.05) is 0 Å². The summed E-state index contributed by atoms with van der Waals surface area (Å²) in [4.78, 5) is 20.5. The highest BCUT2D eigenvalue weighted by Crippen LogP contribution is 1.92. The van der Waals surface area contributed by atoms with Crippen molar-refractivity contribution >= 4 is 11.9 Å². The van der Waals surface area contributed by atoms with E-state index in [0.29, 0.717) is 0 Å². The second kappa shape index (κ2) is 4.68. The molecule has 2 unspecified atom stereocenters. The van der Waals surface area contributed by atoms with Crippen molar-refractivity contribution < 1.29 is 19.8 Å². The van der Waals surface area contributed by atoms with Crippen LogP contribution in [0.2, 0.25) is 0 Å². The minimum atomic E-state index is -1.21. The van der Waals surface area contributed by atoms with Gasteiger partial charge in [-0.1, -0.05) is 0 Å². The Balaban J connectivity index is 4.04. The molecule has 0 fully saturated rings. The van der Waals surface area contributed by atoms with E-state index in [9.17, 15) is 9.59 Å². The Morgan fingerprint density at radius 1 is 1.50 bits per heavy atom. The summed E-state index contributed by atoms with van der Waals surface area (Å²) in [6.07, 6.45) is -1.01. The topological polar surface area (TPSA) is 113 Å². The van der Waals surface area contributed by atoms with Crippen LogP contribution in [0.5, 0.6) is 0 Å². The van der Waals surface area contributed by atoms with E-state index in [2.05, 4.69) is 5.32 Å². The SMILES string of the molecule is CC(N)NC(CC(=O)O)C(=O)O. The van der Waals surface area contributed by atoms with Crippen LogP contribution in [-0.4, -0.2) is 34.4 Å². The molecule has 0 saturated heterocycles. The fourth-order valence-corrected chi connectivity index (χ4v) is 0.709. The highest BCUT2D eigenvalue weighted by Gasteiger charge is 2.20. The lowest BCUT2D eigenvalue weighted by Gasteiger charge is -2.14. The van der Waals surface area contributed by atoms with Crippen molar-refractivity contribution in [1.29, 1.82) is 0 Å². The van der Waals surface area contributed by atoms with E-state index in [0.717, 1.165) is 0 Å². The molecule has 2 atom stereocenters. The zero-order valence-corrected chi connectivity index (χ0v) is 6.65. The van der Waals surface area contributed by atoms with E-state index in [1.54, 1.807) is 0 Å². The number of hydrogen-bond acceptors (Lipinski definition) is 4. The van der Waals surface area contributed by atoms with E-state index in [1.807, 2.05) is 0 Å². The van der Waals surface area contributed by atoms with Crippen LogP contribution in [-0.2, 0) is 9.59 Å². The molecule has 0 aromatic heterocycles. The van der Waals surface area contributed by atoms with Gasteiger partial charge in [-0.15, -0.1) is 0 Å². The Hall–Kier alpha value is -1.14. The maximum Gasteiger partial charge on any atom is 0.321 e. The number of hydrogen-bond donors (Lipinski definition) is 4. The monoisotopic (exact) mass is 176 g/mol. The summed E-state index contributed by atoms with van der Waals surface area (Å²) in [6, 6.07) is -1.12. The van der Waals surface area contributed by atoms with Crippen LogP contribution in [0.15, 0.2) is 0 Å². The number of carboxylic acid groups (broad SMARTS) is 2. The molecule has 0 aliphatic rings. The molecular weight excluding hydrogens is 164 g/mol. The Kier molecular flexibility index (Phi) is 4.24. The highest BCUT2D eigenvalue weighted by molar-refractivity contribution is 5.80. The van der Waals surface area contributed by atoms with Crippen molar-refractivity contribution in [3.05, 3.63) is 0 Å². The summed E-state index contributed by atoms with van der Waals surface area (Å²) < 4.78 is 0. The third-order valence-electron chi connectivity index (χ3n) is 1.14. The van der Waals surface area contributed by atoms with Crippen LogP contribution >= 0.6 is 0 Å². The standard InChI is InChI=1S/C6H12N2O4/c1-3(7)8-4(6(11)12)2-5(9)10/h3-4,8H,2,7H2,1H3,(H,9,10)(H,11,12). The molecule has 0 bridgehead atoms. The minimum Gasteiger partial charge on any atom is -0.481 e. The third kappa shape index (κ3) is 4.64. The normalized spacial score (nSPS) is 15.2. The lowest BCUT2D eigenvalue weighted by molar-refractivity contribution is -0.146. The fraction of sp³-hybridized carbons (Fsp3) is 0.667. The maximum atomic E-state index is 10.4. The third-order valence-corrected chi connectivity index (χ3v) is 1.14. The van der Waals surface area contributed by atoms with Gasteiger partial charge in [0.05, 0.1) is 12.6 Å². The molecular formula is C6H12N2O4. The molecule has 0 spiro atoms. The molecule has 70 valence electrons. The minimum absolute atomic E-state index is 0.475. The first-order chi connectivity index (χ1) is 5.43. The number of rotatable bonds is 5. The molecule has 12 heavy (non-hydrogen) atoms. The van der Waals surface area contributed by atoms with Crippen LogP contribution in [0.25, 0.3) is 0 Å². The molecule has 0 aromatic carbocycles. The molecule has 0 saturated carbocycles. The van der Waals surface area contributed by atoms with E-state index >= 15 is 0 Å². The number of nitrogens with one attached hydrogen (secondary N) is 1. The molecule has 5 N–H and O–H groups in total. The van der Waals surface area contributed by atoms with Gasteiger partial charge in [-0.05, 0) is 6.92 Å². The number of aliphatic carboxylic acids is 2. The largest absolute Gasteiger partial charge is 0.481 e. The van der Waals surface area contributed by atoms with Crippen LogP contribution in [0, 0.1) is 0 Å². The molecule has 0 aliphatic carbocycles. The van der Waals surface area contributed by atoms with Crippen LogP contribution in [0.4, 0.5) is 0 Å². The molecule has 0 rings (SSSR count). The Morgan fingerprint density at radius 2 is 2.00 bits per heavy atom. The first kappa shape index (κ1) is 10.9. The van der Waals surface area contributed by atoms with Crippen molar-refractivity contribution in [2.45, 2.75) is 25.6 Å². The van der Waals surface area contributed by atoms with Crippen molar-refractivity contribution in [1.82, 2.24) is 5.32 Å². The summed E-state index contributed by atoms with van der Waals surface area (Å²) in [6.45, 7) is 1.54. The predicted molar refractivity (Wildman–Crippen MR) is 40.5 cm³/mol. The van der Waals surface area contributed by atoms with E-state index in [4.69, 9.17) is 15.9 Å². The summed E-state index contributed by atoms with van der Waals surface area (Å²) in [7, 11) is 0. The quantitative estimate of drug-likeness (QED) is 0.392. The van der Waals surface area contributed by atoms with Gasteiger partial charge in [0.15, 0.2) is 0 Å². The van der Waals surface area contributed by atoms with Crippen LogP contribution in [0.3, 0.4) is 0 Å². The molecule has 0 radical (unpaired) electrons. The Bertz CT molecular complexity index is 180. The van der Waals surface area contributed by atoms with Gasteiger partial charge in [-0.3, -0.25) is 14.9 Å². The van der Waals surface area contributed by atoms with Gasteiger partial charge in [-0.25, -0.2) is 0 Å². The van der Waals surface area contributed by atoms with Crippen molar-refractivity contribution in [2.75, 3.05) is 0 Å². The molecule has 0 aromatic rings. The van der Waals surface area contributed by atoms with E-state index in [-0.39, 0.29) is 0 Å². The Morgan fingerprint density at radius 3 is 2.25 bits per heavy atom. The van der Waals surface area contributed by atoms with Crippen molar-refractivity contribution in [3.63, 3.8) is 0 Å². The molecule has 6 heteroatoms. The first-order valence-corrected chi connectivity index (χ1v) is 3.39. The average molecular weight is 176 g/mol. The zero-order chi connectivity index (χ0) is 9.72. The smallest absolute Gasteiger partial charge is 0.321 e. The van der Waals surface area contributed by atoms with Gasteiger partial charge in [0.25, 0.3) is 0 Å². The highest BCUT2D eigenvalue weighted by atomic mass is 16.4. The second-order valence-corrected chi connectivity index (χ2v) is 2.44. The van der Waals surface area contributed by atoms with Gasteiger partial charge >= 0.3 is 11.9 Å². The van der Waals surface area contributed by atoms with Crippen LogP contribution in [0.1, 0.15) is 13.3 Å². The summed E-state index contributed by atoms with van der Waals surface area (Å²) in [5, 5.41) is 19.2. The average Bonchev–Trinajstić information content (AvgIpc) is 1.83. The van der Waals surface area contributed by atoms with Gasteiger partial charge < -0.3 is 15.9 Å². The molecule has 6 nitrogen and oxygen atoms in total. The molecule has 0 aliphatic heterocycles. The second-order valence-electron chi connectivity index (χ2n) is 2.44. The fourth-order valence-electron chi connectivity index (χ4n) is 0.709. The maximum absolute atomic E-state index is 10.4. The summed E-state index contributed by atoms with van der Waals surface area (Å²) >= 11 is 0. The van der Waals surface area contributed by atoms with Gasteiger partial charge in [0.1, 0.15) is 6.04 Å². The van der Waals surface area contributed by atoms with Crippen molar-refractivity contribution in [3.8, 4) is 0 Å². The van der Waals surface area contributed by atoms with E-state index in [1.165, 1.54) is 6.92 Å². The zero-order valence-electron chi connectivity index (χ0n) is 6.65. The lowest BCUT2D eigenvalue weighted by atomic mass is 10.2. The first-order valence-electron chi connectivity index (χ1n) is 3.39. The summed E-state index contributed by atoms with van der Waals surface area (Å²) in [5.74, 6) is -2.38. The number of carboxylic acids is 2. The van der Waals surface area contributed by atoms with Crippen molar-refractivity contribution in [2.24, 2.45) is 5.73 Å². The van der Waals surface area contributed by atoms with Gasteiger partial charge in [0.2, 0.25) is 0 Å². The predicted octanol–water partition coefficient (Wildman–Crippen LogP) is -1.19. The Labute approximate surface area is 69.4 Å². The number of nitrogens with two attached hydrogens (primary N) is 1. The number of carbonyl (C=O) groups is 2.